The molecule has 0 saturated carbocycles. The predicted octanol–water partition coefficient (Wildman–Crippen LogP) is 3.31. The maximum atomic E-state index is 12.2. The topological polar surface area (TPSA) is 37.8 Å². The van der Waals surface area contributed by atoms with Gasteiger partial charge in [-0.3, -0.25) is 0 Å². The Morgan fingerprint density at radius 1 is 1.35 bits per heavy atom. The van der Waals surface area contributed by atoms with Gasteiger partial charge in [0.25, 0.3) is 0 Å². The van der Waals surface area contributed by atoms with E-state index >= 15 is 0 Å². The molecule has 0 spiro atoms. The standard InChI is InChI=1S/C10H13ClF3N3/c1-2-7(5-6-11)15-9-4-3-8(16-17-9)10(12,13)14/h3-4,7H,2,5-6H2,1H3,(H,15,17). The highest BCUT2D eigenvalue weighted by atomic mass is 35.5. The molecule has 1 N–H and O–H groups in total. The van der Waals surface area contributed by atoms with E-state index in [1.54, 1.807) is 0 Å². The maximum Gasteiger partial charge on any atom is 0.435 e. The summed E-state index contributed by atoms with van der Waals surface area (Å²) in [6, 6.07) is 2.27. The molecule has 1 heterocycles. The number of halogens is 4. The van der Waals surface area contributed by atoms with Crippen LogP contribution in [0.15, 0.2) is 12.1 Å². The van der Waals surface area contributed by atoms with E-state index in [9.17, 15) is 13.2 Å². The van der Waals surface area contributed by atoms with Gasteiger partial charge in [-0.15, -0.1) is 21.8 Å². The Hall–Kier alpha value is -1.04. The predicted molar refractivity (Wildman–Crippen MR) is 60.1 cm³/mol. The molecule has 0 aromatic carbocycles. The highest BCUT2D eigenvalue weighted by Gasteiger charge is 2.32. The maximum absolute atomic E-state index is 12.2. The molecule has 1 atom stereocenters. The molecule has 0 fully saturated rings. The number of alkyl halides is 4. The minimum atomic E-state index is -4.45. The molecule has 1 aromatic heterocycles. The van der Waals surface area contributed by atoms with Gasteiger partial charge in [0.1, 0.15) is 5.82 Å². The third kappa shape index (κ3) is 4.38. The van der Waals surface area contributed by atoms with Gasteiger partial charge in [0.2, 0.25) is 0 Å². The molecular formula is C10H13ClF3N3. The SMILES string of the molecule is CCC(CCCl)Nc1ccc(C(F)(F)F)nn1. The number of nitrogens with one attached hydrogen (secondary N) is 1. The van der Waals surface area contributed by atoms with E-state index in [0.29, 0.717) is 11.7 Å². The molecule has 0 aliphatic rings. The van der Waals surface area contributed by atoms with Crippen molar-refractivity contribution in [3.63, 3.8) is 0 Å². The van der Waals surface area contributed by atoms with E-state index in [1.807, 2.05) is 6.92 Å². The van der Waals surface area contributed by atoms with Crippen LogP contribution in [0.2, 0.25) is 0 Å². The van der Waals surface area contributed by atoms with Crippen molar-refractivity contribution in [2.24, 2.45) is 0 Å². The summed E-state index contributed by atoms with van der Waals surface area (Å²) in [5.74, 6) is 0.814. The van der Waals surface area contributed by atoms with E-state index in [2.05, 4.69) is 15.5 Å². The van der Waals surface area contributed by atoms with Gasteiger partial charge in [0.05, 0.1) is 0 Å². The molecule has 17 heavy (non-hydrogen) atoms. The zero-order chi connectivity index (χ0) is 12.9. The number of hydrogen-bond acceptors (Lipinski definition) is 3. The van der Waals surface area contributed by atoms with Gasteiger partial charge in [-0.1, -0.05) is 6.92 Å². The number of nitrogens with zero attached hydrogens (tertiary/aromatic N) is 2. The van der Waals surface area contributed by atoms with Crippen molar-refractivity contribution in [3.8, 4) is 0 Å². The Balaban J connectivity index is 2.68. The molecule has 0 bridgehead atoms. The first-order valence-corrected chi connectivity index (χ1v) is 5.74. The van der Waals surface area contributed by atoms with Crippen LogP contribution in [0, 0.1) is 0 Å². The van der Waals surface area contributed by atoms with E-state index in [1.165, 1.54) is 6.07 Å². The zero-order valence-electron chi connectivity index (χ0n) is 9.26. The van der Waals surface area contributed by atoms with Crippen LogP contribution in [0.5, 0.6) is 0 Å². The van der Waals surface area contributed by atoms with Gasteiger partial charge in [-0.2, -0.15) is 13.2 Å². The third-order valence-electron chi connectivity index (χ3n) is 2.26. The first-order chi connectivity index (χ1) is 7.97. The fourth-order valence-electron chi connectivity index (χ4n) is 1.28. The van der Waals surface area contributed by atoms with E-state index < -0.39 is 11.9 Å². The van der Waals surface area contributed by atoms with Gasteiger partial charge >= 0.3 is 6.18 Å². The van der Waals surface area contributed by atoms with Crippen molar-refractivity contribution >= 4 is 17.4 Å². The Morgan fingerprint density at radius 3 is 2.47 bits per heavy atom. The first kappa shape index (κ1) is 14.0. The minimum Gasteiger partial charge on any atom is -0.366 e. The summed E-state index contributed by atoms with van der Waals surface area (Å²) in [7, 11) is 0. The molecule has 0 aliphatic heterocycles. The molecular weight excluding hydrogens is 255 g/mol. The summed E-state index contributed by atoms with van der Waals surface area (Å²) >= 11 is 5.60. The Bertz CT molecular complexity index is 340. The molecule has 1 aromatic rings. The van der Waals surface area contributed by atoms with Crippen LogP contribution in [0.1, 0.15) is 25.5 Å². The van der Waals surface area contributed by atoms with Crippen LogP contribution in [-0.4, -0.2) is 22.1 Å². The summed E-state index contributed by atoms with van der Waals surface area (Å²) in [5.41, 5.74) is -0.992. The summed E-state index contributed by atoms with van der Waals surface area (Å²) in [4.78, 5) is 0. The molecule has 0 saturated heterocycles. The number of anilines is 1. The van der Waals surface area contributed by atoms with Crippen molar-refractivity contribution in [2.75, 3.05) is 11.2 Å². The second-order valence-corrected chi connectivity index (χ2v) is 3.91. The summed E-state index contributed by atoms with van der Waals surface area (Å²) in [6.07, 6.45) is -2.91. The van der Waals surface area contributed by atoms with Crippen LogP contribution < -0.4 is 5.32 Å². The van der Waals surface area contributed by atoms with Gasteiger partial charge in [-0.05, 0) is 25.0 Å². The van der Waals surface area contributed by atoms with Crippen LogP contribution >= 0.6 is 11.6 Å². The lowest BCUT2D eigenvalue weighted by atomic mass is 10.2. The highest BCUT2D eigenvalue weighted by Crippen LogP contribution is 2.27. The Kier molecular flexibility index (Phi) is 4.99. The Morgan fingerprint density at radius 2 is 2.06 bits per heavy atom. The third-order valence-corrected chi connectivity index (χ3v) is 2.48. The van der Waals surface area contributed by atoms with Gasteiger partial charge in [0.15, 0.2) is 5.69 Å². The Labute approximate surface area is 102 Å². The minimum absolute atomic E-state index is 0.0959. The fraction of sp³-hybridized carbons (Fsp3) is 0.600. The van der Waals surface area contributed by atoms with Crippen LogP contribution in [0.4, 0.5) is 19.0 Å². The summed E-state index contributed by atoms with van der Waals surface area (Å²) in [5, 5.41) is 9.60. The molecule has 0 radical (unpaired) electrons. The van der Waals surface area contributed by atoms with Crippen molar-refractivity contribution in [2.45, 2.75) is 32.0 Å². The lowest BCUT2D eigenvalue weighted by Crippen LogP contribution is -2.20. The second kappa shape index (κ2) is 6.05. The summed E-state index contributed by atoms with van der Waals surface area (Å²) in [6.45, 7) is 1.96. The molecule has 0 amide bonds. The van der Waals surface area contributed by atoms with E-state index in [-0.39, 0.29) is 6.04 Å². The second-order valence-electron chi connectivity index (χ2n) is 3.53. The first-order valence-electron chi connectivity index (χ1n) is 5.20. The average molecular weight is 268 g/mol. The lowest BCUT2D eigenvalue weighted by molar-refractivity contribution is -0.141. The quantitative estimate of drug-likeness (QED) is 0.832. The van der Waals surface area contributed by atoms with Crippen LogP contribution in [-0.2, 0) is 6.18 Å². The van der Waals surface area contributed by atoms with Crippen molar-refractivity contribution in [1.82, 2.24) is 10.2 Å². The molecule has 0 aliphatic carbocycles. The van der Waals surface area contributed by atoms with Gasteiger partial charge in [0, 0.05) is 11.9 Å². The number of hydrogen-bond donors (Lipinski definition) is 1. The average Bonchev–Trinajstić information content (AvgIpc) is 2.28. The largest absolute Gasteiger partial charge is 0.435 e. The molecule has 3 nitrogen and oxygen atoms in total. The number of rotatable bonds is 5. The van der Waals surface area contributed by atoms with Crippen molar-refractivity contribution in [3.05, 3.63) is 17.8 Å². The number of aromatic nitrogens is 2. The monoisotopic (exact) mass is 267 g/mol. The molecule has 96 valence electrons. The fourth-order valence-corrected chi connectivity index (χ4v) is 1.54. The van der Waals surface area contributed by atoms with Gasteiger partial charge in [-0.25, -0.2) is 0 Å². The molecule has 7 heteroatoms. The van der Waals surface area contributed by atoms with Crippen molar-refractivity contribution in [1.29, 1.82) is 0 Å². The molecule has 1 unspecified atom stereocenters. The summed E-state index contributed by atoms with van der Waals surface area (Å²) < 4.78 is 36.7. The van der Waals surface area contributed by atoms with Gasteiger partial charge < -0.3 is 5.32 Å². The highest BCUT2D eigenvalue weighted by molar-refractivity contribution is 6.17. The normalized spacial score (nSPS) is 13.5. The smallest absolute Gasteiger partial charge is 0.366 e. The van der Waals surface area contributed by atoms with Crippen molar-refractivity contribution < 1.29 is 13.2 Å². The van der Waals surface area contributed by atoms with E-state index in [0.717, 1.165) is 18.9 Å². The van der Waals surface area contributed by atoms with E-state index in [4.69, 9.17) is 11.6 Å². The molecule has 1 rings (SSSR count). The van der Waals surface area contributed by atoms with Crippen LogP contribution in [0.25, 0.3) is 0 Å². The lowest BCUT2D eigenvalue weighted by Gasteiger charge is -2.15. The zero-order valence-corrected chi connectivity index (χ0v) is 10.0. The van der Waals surface area contributed by atoms with Crippen LogP contribution in [0.3, 0.4) is 0 Å².